The first kappa shape index (κ1) is 13.1. The molecule has 0 rings (SSSR count). The number of unbranched alkanes of at least 4 members (excludes halogenated alkanes) is 6. The molecule has 0 aliphatic rings. The molecule has 0 aromatic rings. The van der Waals surface area contributed by atoms with E-state index in [4.69, 9.17) is 0 Å². The van der Waals surface area contributed by atoms with Gasteiger partial charge in [0.1, 0.15) is 0 Å². The first-order chi connectivity index (χ1) is 4.41. The van der Waals surface area contributed by atoms with Crippen molar-refractivity contribution in [1.29, 1.82) is 0 Å². The predicted molar refractivity (Wildman–Crippen MR) is 43.4 cm³/mol. The summed E-state index contributed by atoms with van der Waals surface area (Å²) in [4.78, 5) is 0. The minimum Gasteiger partial charge on any atom is -0.343 e. The molecule has 0 saturated heterocycles. The number of hydrogen-bond donors (Lipinski definition) is 0. The molecule has 0 aliphatic carbocycles. The van der Waals surface area contributed by atoms with E-state index in [9.17, 15) is 0 Å². The molecule has 0 aromatic carbocycles. The minimum atomic E-state index is 0. The molecule has 1 heteroatoms. The zero-order valence-electron chi connectivity index (χ0n) is 6.96. The Balaban J connectivity index is 0. The van der Waals surface area contributed by atoms with Crippen molar-refractivity contribution >= 4 is 0 Å². The Bertz CT molecular complexity index is 38.0. The second-order valence-electron chi connectivity index (χ2n) is 2.62. The standard InChI is InChI=1S/C9H19.Cu/c1-3-5-7-9-8-6-4-2;/h1,3-9H2,2H3;/q-1;+1. The fourth-order valence-corrected chi connectivity index (χ4v) is 0.957. The number of rotatable bonds is 6. The molecule has 0 atom stereocenters. The quantitative estimate of drug-likeness (QED) is 0.341. The van der Waals surface area contributed by atoms with Crippen molar-refractivity contribution in [2.75, 3.05) is 0 Å². The molecule has 0 unspecified atom stereocenters. The van der Waals surface area contributed by atoms with Crippen LogP contribution in [0, 0.1) is 6.92 Å². The SMILES string of the molecule is [CH2-]CCCCCCCC.[Cu+]. The van der Waals surface area contributed by atoms with Gasteiger partial charge in [-0.15, -0.1) is 0 Å². The second-order valence-corrected chi connectivity index (χ2v) is 2.62. The molecule has 0 nitrogen and oxygen atoms in total. The van der Waals surface area contributed by atoms with E-state index in [0.717, 1.165) is 6.42 Å². The minimum absolute atomic E-state index is 0. The summed E-state index contributed by atoms with van der Waals surface area (Å²) in [6, 6.07) is 0. The van der Waals surface area contributed by atoms with Crippen LogP contribution in [-0.2, 0) is 17.1 Å². The Morgan fingerprint density at radius 2 is 1.40 bits per heavy atom. The van der Waals surface area contributed by atoms with E-state index in [2.05, 4.69) is 13.8 Å². The van der Waals surface area contributed by atoms with Crippen LogP contribution in [0.3, 0.4) is 0 Å². The average molecular weight is 191 g/mol. The largest absolute Gasteiger partial charge is 1.00 e. The van der Waals surface area contributed by atoms with Gasteiger partial charge in [0.05, 0.1) is 0 Å². The van der Waals surface area contributed by atoms with Crippen LogP contribution in [0.2, 0.25) is 0 Å². The zero-order chi connectivity index (χ0) is 6.95. The van der Waals surface area contributed by atoms with Gasteiger partial charge in [-0.05, 0) is 0 Å². The van der Waals surface area contributed by atoms with E-state index < -0.39 is 0 Å². The summed E-state index contributed by atoms with van der Waals surface area (Å²) in [5, 5.41) is 0. The van der Waals surface area contributed by atoms with Crippen molar-refractivity contribution in [1.82, 2.24) is 0 Å². The van der Waals surface area contributed by atoms with Gasteiger partial charge < -0.3 is 6.92 Å². The fourth-order valence-electron chi connectivity index (χ4n) is 0.957. The van der Waals surface area contributed by atoms with E-state index in [0.29, 0.717) is 0 Å². The van der Waals surface area contributed by atoms with E-state index in [1.54, 1.807) is 0 Å². The Kier molecular flexibility index (Phi) is 16.0. The second kappa shape index (κ2) is 12.2. The van der Waals surface area contributed by atoms with Gasteiger partial charge in [-0.3, -0.25) is 0 Å². The summed E-state index contributed by atoms with van der Waals surface area (Å²) >= 11 is 0. The third kappa shape index (κ3) is 11.3. The third-order valence-electron chi connectivity index (χ3n) is 1.60. The van der Waals surface area contributed by atoms with Gasteiger partial charge in [-0.1, -0.05) is 45.4 Å². The smallest absolute Gasteiger partial charge is 0.343 e. The summed E-state index contributed by atoms with van der Waals surface area (Å²) in [5.74, 6) is 0. The number of hydrogen-bond acceptors (Lipinski definition) is 0. The van der Waals surface area contributed by atoms with Gasteiger partial charge in [0.25, 0.3) is 0 Å². The van der Waals surface area contributed by atoms with E-state index in [-0.39, 0.29) is 17.1 Å². The molecule has 0 aromatic heterocycles. The molecule has 10 heavy (non-hydrogen) atoms. The van der Waals surface area contributed by atoms with Crippen LogP contribution in [0.15, 0.2) is 0 Å². The van der Waals surface area contributed by atoms with Crippen LogP contribution < -0.4 is 0 Å². The molecule has 0 N–H and O–H groups in total. The molecule has 0 bridgehead atoms. The summed E-state index contributed by atoms with van der Waals surface area (Å²) < 4.78 is 0. The van der Waals surface area contributed by atoms with Crippen molar-refractivity contribution in [3.05, 3.63) is 6.92 Å². The van der Waals surface area contributed by atoms with Gasteiger partial charge in [0.2, 0.25) is 0 Å². The van der Waals surface area contributed by atoms with Crippen LogP contribution in [-0.4, -0.2) is 0 Å². The monoisotopic (exact) mass is 190 g/mol. The van der Waals surface area contributed by atoms with Crippen molar-refractivity contribution < 1.29 is 17.1 Å². The van der Waals surface area contributed by atoms with Gasteiger partial charge in [-0.25, -0.2) is 0 Å². The van der Waals surface area contributed by atoms with Crippen LogP contribution in [0.4, 0.5) is 0 Å². The van der Waals surface area contributed by atoms with Gasteiger partial charge >= 0.3 is 17.1 Å². The summed E-state index contributed by atoms with van der Waals surface area (Å²) in [6.45, 7) is 6.05. The Morgan fingerprint density at radius 1 is 0.900 bits per heavy atom. The summed E-state index contributed by atoms with van der Waals surface area (Å²) in [5.41, 5.74) is 0. The third-order valence-corrected chi connectivity index (χ3v) is 1.60. The molecule has 0 heterocycles. The molecular weight excluding hydrogens is 172 g/mol. The van der Waals surface area contributed by atoms with Crippen LogP contribution in [0.1, 0.15) is 51.9 Å². The first-order valence-corrected chi connectivity index (χ1v) is 4.21. The topological polar surface area (TPSA) is 0 Å². The molecule has 66 valence electrons. The molecule has 0 fully saturated rings. The van der Waals surface area contributed by atoms with E-state index in [1.165, 1.54) is 38.5 Å². The van der Waals surface area contributed by atoms with E-state index in [1.807, 2.05) is 0 Å². The first-order valence-electron chi connectivity index (χ1n) is 4.21. The summed E-state index contributed by atoms with van der Waals surface area (Å²) in [6.07, 6.45) is 9.45. The van der Waals surface area contributed by atoms with Crippen LogP contribution in [0.5, 0.6) is 0 Å². The molecule has 0 saturated carbocycles. The van der Waals surface area contributed by atoms with Crippen molar-refractivity contribution in [3.63, 3.8) is 0 Å². The zero-order valence-corrected chi connectivity index (χ0v) is 7.90. The molecular formula is C9H19Cu. The summed E-state index contributed by atoms with van der Waals surface area (Å²) in [7, 11) is 0. The van der Waals surface area contributed by atoms with Gasteiger partial charge in [-0.2, -0.15) is 6.42 Å². The molecule has 0 spiro atoms. The fraction of sp³-hybridized carbons (Fsp3) is 0.889. The van der Waals surface area contributed by atoms with Gasteiger partial charge in [0.15, 0.2) is 0 Å². The maximum absolute atomic E-state index is 3.80. The Morgan fingerprint density at radius 3 is 1.90 bits per heavy atom. The molecule has 0 amide bonds. The van der Waals surface area contributed by atoms with Crippen molar-refractivity contribution in [2.24, 2.45) is 0 Å². The van der Waals surface area contributed by atoms with Gasteiger partial charge in [0, 0.05) is 0 Å². The molecule has 0 radical (unpaired) electrons. The maximum atomic E-state index is 3.80. The predicted octanol–water partition coefficient (Wildman–Crippen LogP) is 3.57. The van der Waals surface area contributed by atoms with Crippen molar-refractivity contribution in [3.8, 4) is 0 Å². The Labute approximate surface area is 76.3 Å². The van der Waals surface area contributed by atoms with Crippen LogP contribution >= 0.6 is 0 Å². The Hall–Kier alpha value is 0.519. The van der Waals surface area contributed by atoms with E-state index >= 15 is 0 Å². The maximum Gasteiger partial charge on any atom is 1.00 e. The normalized spacial score (nSPS) is 9.00. The van der Waals surface area contributed by atoms with Crippen LogP contribution in [0.25, 0.3) is 0 Å². The molecule has 0 aliphatic heterocycles. The van der Waals surface area contributed by atoms with Crippen molar-refractivity contribution in [2.45, 2.75) is 51.9 Å². The average Bonchev–Trinajstić information content (AvgIpc) is 1.89.